The number of hydrogen-bond donors (Lipinski definition) is 0. The first-order valence-corrected chi connectivity index (χ1v) is 7.39. The van der Waals surface area contributed by atoms with Crippen molar-refractivity contribution in [2.24, 2.45) is 4.99 Å². The maximum atomic E-state index is 12.5. The number of hydrogen-bond acceptors (Lipinski definition) is 4. The summed E-state index contributed by atoms with van der Waals surface area (Å²) in [6.07, 6.45) is 2.81. The number of carbonyl (C=O) groups excluding carboxylic acids is 2. The van der Waals surface area contributed by atoms with E-state index in [2.05, 4.69) is 20.9 Å². The first-order valence-electron chi connectivity index (χ1n) is 6.60. The second kappa shape index (κ2) is 4.74. The minimum atomic E-state index is -0.445. The predicted molar refractivity (Wildman–Crippen MR) is 85.3 cm³/mol. The Balaban J connectivity index is 1.85. The molecule has 0 aromatic heterocycles. The quantitative estimate of drug-likeness (QED) is 0.625. The number of halogens is 1. The number of nitrogens with zero attached hydrogens (tertiary/aromatic N) is 1. The Labute approximate surface area is 134 Å². The maximum Gasteiger partial charge on any atom is 0.337 e. The molecule has 0 fully saturated rings. The molecule has 0 amide bonds. The Bertz CT molecular complexity index is 912. The van der Waals surface area contributed by atoms with Gasteiger partial charge in [-0.05, 0) is 39.2 Å². The number of cyclic esters (lactones) is 1. The van der Waals surface area contributed by atoms with E-state index in [1.165, 1.54) is 12.2 Å². The van der Waals surface area contributed by atoms with Crippen LogP contribution in [0.4, 0.5) is 5.69 Å². The Hall–Kier alpha value is -2.53. The average molecular weight is 354 g/mol. The lowest BCUT2D eigenvalue weighted by Gasteiger charge is -2.05. The predicted octanol–water partition coefficient (Wildman–Crippen LogP) is 3.80. The molecule has 0 N–H and O–H groups in total. The Morgan fingerprint density at radius 3 is 2.41 bits per heavy atom. The number of rotatable bonds is 1. The standard InChI is InChI=1S/C17H8BrNO3/c18-13-7-11-9-3-1-2-4-10(9)17(21)12(11)8-14(13)19-15-5-6-16(20)22-15/h1-8H. The molecule has 22 heavy (non-hydrogen) atoms. The van der Waals surface area contributed by atoms with Gasteiger partial charge in [-0.2, -0.15) is 0 Å². The zero-order valence-electron chi connectivity index (χ0n) is 11.2. The maximum absolute atomic E-state index is 12.5. The van der Waals surface area contributed by atoms with Crippen molar-refractivity contribution in [3.8, 4) is 11.1 Å². The molecule has 1 aliphatic heterocycles. The van der Waals surface area contributed by atoms with Crippen molar-refractivity contribution in [1.29, 1.82) is 0 Å². The second-order valence-corrected chi connectivity index (χ2v) is 5.78. The highest BCUT2D eigenvalue weighted by Gasteiger charge is 2.27. The Morgan fingerprint density at radius 2 is 1.68 bits per heavy atom. The Morgan fingerprint density at radius 1 is 0.909 bits per heavy atom. The van der Waals surface area contributed by atoms with E-state index in [0.29, 0.717) is 16.8 Å². The summed E-state index contributed by atoms with van der Waals surface area (Å²) in [5.74, 6) is -0.244. The van der Waals surface area contributed by atoms with E-state index in [-0.39, 0.29) is 11.7 Å². The minimum absolute atomic E-state index is 0.0153. The lowest BCUT2D eigenvalue weighted by molar-refractivity contribution is -0.129. The third-order valence-electron chi connectivity index (χ3n) is 3.59. The molecule has 5 heteroatoms. The molecule has 1 heterocycles. The third-order valence-corrected chi connectivity index (χ3v) is 4.23. The molecule has 0 atom stereocenters. The number of carbonyl (C=O) groups is 2. The van der Waals surface area contributed by atoms with Crippen LogP contribution < -0.4 is 0 Å². The number of ketones is 1. The van der Waals surface area contributed by atoms with Crippen molar-refractivity contribution in [2.45, 2.75) is 0 Å². The van der Waals surface area contributed by atoms with Gasteiger partial charge in [0.2, 0.25) is 5.90 Å². The fraction of sp³-hybridized carbons (Fsp3) is 0. The molecule has 2 aromatic carbocycles. The van der Waals surface area contributed by atoms with Gasteiger partial charge in [-0.25, -0.2) is 9.79 Å². The van der Waals surface area contributed by atoms with Gasteiger partial charge in [-0.15, -0.1) is 0 Å². The zero-order valence-corrected chi connectivity index (χ0v) is 12.8. The lowest BCUT2D eigenvalue weighted by atomic mass is 10.1. The largest absolute Gasteiger partial charge is 0.404 e. The summed E-state index contributed by atoms with van der Waals surface area (Å²) in [7, 11) is 0. The molecule has 4 rings (SSSR count). The van der Waals surface area contributed by atoms with Crippen LogP contribution in [0.3, 0.4) is 0 Å². The lowest BCUT2D eigenvalue weighted by Crippen LogP contribution is -1.99. The van der Waals surface area contributed by atoms with Crippen LogP contribution in [-0.2, 0) is 9.53 Å². The number of benzene rings is 2. The molecule has 4 nitrogen and oxygen atoms in total. The van der Waals surface area contributed by atoms with E-state index in [4.69, 9.17) is 4.74 Å². The van der Waals surface area contributed by atoms with Gasteiger partial charge in [-0.3, -0.25) is 4.79 Å². The van der Waals surface area contributed by atoms with Gasteiger partial charge in [0.1, 0.15) is 0 Å². The van der Waals surface area contributed by atoms with E-state index in [1.54, 1.807) is 6.07 Å². The minimum Gasteiger partial charge on any atom is -0.404 e. The summed E-state index contributed by atoms with van der Waals surface area (Å²) in [6.45, 7) is 0. The molecule has 0 saturated heterocycles. The molecule has 0 spiro atoms. The van der Waals surface area contributed by atoms with Gasteiger partial charge in [0.15, 0.2) is 5.78 Å². The third kappa shape index (κ3) is 1.94. The van der Waals surface area contributed by atoms with Gasteiger partial charge in [0.25, 0.3) is 0 Å². The summed E-state index contributed by atoms with van der Waals surface area (Å²) in [6, 6.07) is 11.1. The molecule has 2 aromatic rings. The van der Waals surface area contributed by atoms with Crippen LogP contribution in [0.5, 0.6) is 0 Å². The van der Waals surface area contributed by atoms with Gasteiger partial charge in [0.05, 0.1) is 5.69 Å². The first-order chi connectivity index (χ1) is 10.6. The normalized spacial score (nSPS) is 16.9. The topological polar surface area (TPSA) is 55.7 Å². The Kier molecular flexibility index (Phi) is 2.84. The SMILES string of the molecule is O=C1C=CC(=Nc2cc3c(cc2Br)-c2ccccc2C3=O)O1. The van der Waals surface area contributed by atoms with Gasteiger partial charge >= 0.3 is 5.97 Å². The summed E-state index contributed by atoms with van der Waals surface area (Å²) in [5.41, 5.74) is 3.66. The molecule has 0 unspecified atom stereocenters. The smallest absolute Gasteiger partial charge is 0.337 e. The molecule has 0 radical (unpaired) electrons. The summed E-state index contributed by atoms with van der Waals surface area (Å²) >= 11 is 3.46. The molecule has 106 valence electrons. The van der Waals surface area contributed by atoms with E-state index < -0.39 is 5.97 Å². The molecule has 1 aliphatic carbocycles. The number of ether oxygens (including phenoxy) is 1. The first kappa shape index (κ1) is 13.2. The molecule has 2 aliphatic rings. The highest BCUT2D eigenvalue weighted by atomic mass is 79.9. The van der Waals surface area contributed by atoms with Crippen LogP contribution in [0.2, 0.25) is 0 Å². The van der Waals surface area contributed by atoms with Crippen molar-refractivity contribution in [3.63, 3.8) is 0 Å². The van der Waals surface area contributed by atoms with Gasteiger partial charge in [-0.1, -0.05) is 24.3 Å². The number of aliphatic imine (C=N–C) groups is 1. The van der Waals surface area contributed by atoms with Gasteiger partial charge in [0, 0.05) is 27.8 Å². The van der Waals surface area contributed by atoms with Crippen LogP contribution in [0.25, 0.3) is 11.1 Å². The van der Waals surface area contributed by atoms with Crippen LogP contribution in [0, 0.1) is 0 Å². The molecule has 0 saturated carbocycles. The summed E-state index contributed by atoms with van der Waals surface area (Å²) in [4.78, 5) is 27.8. The average Bonchev–Trinajstić information content (AvgIpc) is 3.04. The molecular weight excluding hydrogens is 346 g/mol. The molecule has 0 bridgehead atoms. The van der Waals surface area contributed by atoms with E-state index in [9.17, 15) is 9.59 Å². The second-order valence-electron chi connectivity index (χ2n) is 4.93. The van der Waals surface area contributed by atoms with Crippen molar-refractivity contribution in [3.05, 3.63) is 64.1 Å². The summed E-state index contributed by atoms with van der Waals surface area (Å²) in [5, 5.41) is 0. The van der Waals surface area contributed by atoms with Gasteiger partial charge < -0.3 is 4.74 Å². The zero-order chi connectivity index (χ0) is 15.3. The van der Waals surface area contributed by atoms with Crippen LogP contribution in [-0.4, -0.2) is 17.7 Å². The monoisotopic (exact) mass is 353 g/mol. The number of fused-ring (bicyclic) bond motifs is 3. The van der Waals surface area contributed by atoms with Crippen molar-refractivity contribution < 1.29 is 14.3 Å². The highest BCUT2D eigenvalue weighted by Crippen LogP contribution is 2.41. The van der Waals surface area contributed by atoms with Crippen molar-refractivity contribution >= 4 is 39.3 Å². The van der Waals surface area contributed by atoms with Crippen LogP contribution >= 0.6 is 15.9 Å². The van der Waals surface area contributed by atoms with E-state index >= 15 is 0 Å². The van der Waals surface area contributed by atoms with Crippen molar-refractivity contribution in [1.82, 2.24) is 0 Å². The van der Waals surface area contributed by atoms with E-state index in [0.717, 1.165) is 15.6 Å². The molecular formula is C17H8BrNO3. The number of esters is 1. The van der Waals surface area contributed by atoms with Crippen molar-refractivity contribution in [2.75, 3.05) is 0 Å². The summed E-state index contributed by atoms with van der Waals surface area (Å²) < 4.78 is 5.66. The fourth-order valence-corrected chi connectivity index (χ4v) is 3.04. The van der Waals surface area contributed by atoms with Crippen LogP contribution in [0.15, 0.2) is 58.0 Å². The highest BCUT2D eigenvalue weighted by molar-refractivity contribution is 9.10. The fourth-order valence-electron chi connectivity index (χ4n) is 2.61. The van der Waals surface area contributed by atoms with E-state index in [1.807, 2.05) is 30.3 Å². The van der Waals surface area contributed by atoms with Crippen LogP contribution in [0.1, 0.15) is 15.9 Å².